The van der Waals surface area contributed by atoms with Crippen molar-refractivity contribution >= 4 is 0 Å². The molecule has 0 amide bonds. The van der Waals surface area contributed by atoms with Crippen LogP contribution >= 0.6 is 0 Å². The van der Waals surface area contributed by atoms with Gasteiger partial charge in [-0.1, -0.05) is 13.3 Å². The van der Waals surface area contributed by atoms with Gasteiger partial charge in [0.1, 0.15) is 0 Å². The molecule has 0 bridgehead atoms. The first-order valence-electron chi connectivity index (χ1n) is 8.24. The molecular formula is C16H32N2O. The van der Waals surface area contributed by atoms with Crippen LogP contribution in [-0.4, -0.2) is 59.8 Å². The van der Waals surface area contributed by atoms with Crippen LogP contribution in [0.25, 0.3) is 0 Å². The highest BCUT2D eigenvalue weighted by Gasteiger charge is 2.30. The lowest BCUT2D eigenvalue weighted by molar-refractivity contribution is 0.0134. The van der Waals surface area contributed by atoms with Crippen molar-refractivity contribution in [3.05, 3.63) is 0 Å². The monoisotopic (exact) mass is 268 g/mol. The number of piperazine rings is 1. The van der Waals surface area contributed by atoms with Crippen molar-refractivity contribution in [2.24, 2.45) is 11.8 Å². The van der Waals surface area contributed by atoms with Crippen molar-refractivity contribution < 1.29 is 5.11 Å². The zero-order valence-electron chi connectivity index (χ0n) is 13.0. The summed E-state index contributed by atoms with van der Waals surface area (Å²) < 4.78 is 0. The van der Waals surface area contributed by atoms with E-state index in [0.717, 1.165) is 18.9 Å². The van der Waals surface area contributed by atoms with Crippen molar-refractivity contribution in [2.45, 2.75) is 58.6 Å². The molecule has 112 valence electrons. The quantitative estimate of drug-likeness (QED) is 0.847. The fourth-order valence-electron chi connectivity index (χ4n) is 3.71. The number of nitrogens with zero attached hydrogens (tertiary/aromatic N) is 2. The molecule has 3 heteroatoms. The summed E-state index contributed by atoms with van der Waals surface area (Å²) in [6, 6.07) is 0.673. The van der Waals surface area contributed by atoms with Crippen LogP contribution in [0.2, 0.25) is 0 Å². The fourth-order valence-corrected chi connectivity index (χ4v) is 3.71. The van der Waals surface area contributed by atoms with E-state index in [9.17, 15) is 5.11 Å². The summed E-state index contributed by atoms with van der Waals surface area (Å²) in [4.78, 5) is 5.13. The topological polar surface area (TPSA) is 26.7 Å². The van der Waals surface area contributed by atoms with Gasteiger partial charge >= 0.3 is 0 Å². The van der Waals surface area contributed by atoms with E-state index in [1.54, 1.807) is 0 Å². The molecule has 3 nitrogen and oxygen atoms in total. The van der Waals surface area contributed by atoms with Gasteiger partial charge in [0, 0.05) is 38.8 Å². The van der Waals surface area contributed by atoms with Crippen molar-refractivity contribution in [3.63, 3.8) is 0 Å². The Hall–Kier alpha value is -0.120. The third-order valence-corrected chi connectivity index (χ3v) is 5.26. The molecule has 1 aliphatic heterocycles. The predicted octanol–water partition coefficient (Wildman–Crippen LogP) is 2.20. The molecular weight excluding hydrogens is 236 g/mol. The van der Waals surface area contributed by atoms with Crippen LogP contribution in [0.5, 0.6) is 0 Å². The largest absolute Gasteiger partial charge is 0.393 e. The number of rotatable bonds is 4. The van der Waals surface area contributed by atoms with Crippen LogP contribution in [0.15, 0.2) is 0 Å². The second kappa shape index (κ2) is 7.05. The van der Waals surface area contributed by atoms with Gasteiger partial charge in [0.25, 0.3) is 0 Å². The van der Waals surface area contributed by atoms with Gasteiger partial charge in [-0.25, -0.2) is 0 Å². The molecule has 2 fully saturated rings. The van der Waals surface area contributed by atoms with Gasteiger partial charge in [-0.05, 0) is 44.9 Å². The van der Waals surface area contributed by atoms with Crippen LogP contribution in [-0.2, 0) is 0 Å². The maximum absolute atomic E-state index is 10.2. The first-order valence-corrected chi connectivity index (χ1v) is 8.24. The standard InChI is InChI=1S/C16H32N2O/c1-4-14-5-6-16(19)15(11-14)12-17-7-9-18(10-8-17)13(2)3/h13-16,19H,4-12H2,1-3H3. The minimum Gasteiger partial charge on any atom is -0.393 e. The highest BCUT2D eigenvalue weighted by Crippen LogP contribution is 2.32. The van der Waals surface area contributed by atoms with E-state index >= 15 is 0 Å². The molecule has 2 rings (SSSR count). The molecule has 1 saturated carbocycles. The lowest BCUT2D eigenvalue weighted by atomic mass is 9.78. The van der Waals surface area contributed by atoms with Crippen LogP contribution in [0.4, 0.5) is 0 Å². The second-order valence-corrected chi connectivity index (χ2v) is 6.85. The smallest absolute Gasteiger partial charge is 0.0580 e. The van der Waals surface area contributed by atoms with E-state index in [-0.39, 0.29) is 6.10 Å². The number of aliphatic hydroxyl groups is 1. The summed E-state index contributed by atoms with van der Waals surface area (Å²) >= 11 is 0. The molecule has 0 aromatic heterocycles. The minimum atomic E-state index is -0.0501. The zero-order chi connectivity index (χ0) is 13.8. The highest BCUT2D eigenvalue weighted by atomic mass is 16.3. The van der Waals surface area contributed by atoms with Crippen LogP contribution < -0.4 is 0 Å². The van der Waals surface area contributed by atoms with Gasteiger partial charge < -0.3 is 10.0 Å². The molecule has 0 radical (unpaired) electrons. The molecule has 1 aliphatic carbocycles. The molecule has 19 heavy (non-hydrogen) atoms. The van der Waals surface area contributed by atoms with Gasteiger partial charge in [0.05, 0.1) is 6.10 Å². The normalized spacial score (nSPS) is 34.9. The van der Waals surface area contributed by atoms with Gasteiger partial charge in [0.15, 0.2) is 0 Å². The molecule has 1 N–H and O–H groups in total. The highest BCUT2D eigenvalue weighted by molar-refractivity contribution is 4.83. The molecule has 1 heterocycles. The Labute approximate surface area is 119 Å². The van der Waals surface area contributed by atoms with Crippen LogP contribution in [0, 0.1) is 11.8 Å². The Bertz CT molecular complexity index is 261. The second-order valence-electron chi connectivity index (χ2n) is 6.85. The summed E-state index contributed by atoms with van der Waals surface area (Å²) in [7, 11) is 0. The Kier molecular flexibility index (Phi) is 5.67. The van der Waals surface area contributed by atoms with Gasteiger partial charge in [0.2, 0.25) is 0 Å². The Morgan fingerprint density at radius 1 is 1.11 bits per heavy atom. The molecule has 0 aromatic carbocycles. The first kappa shape index (κ1) is 15.3. The predicted molar refractivity (Wildman–Crippen MR) is 80.3 cm³/mol. The van der Waals surface area contributed by atoms with Crippen molar-refractivity contribution in [2.75, 3.05) is 32.7 Å². The third kappa shape index (κ3) is 4.17. The number of hydrogen-bond donors (Lipinski definition) is 1. The van der Waals surface area contributed by atoms with Gasteiger partial charge in [-0.2, -0.15) is 0 Å². The lowest BCUT2D eigenvalue weighted by Gasteiger charge is -2.41. The molecule has 3 unspecified atom stereocenters. The van der Waals surface area contributed by atoms with Crippen molar-refractivity contribution in [1.29, 1.82) is 0 Å². The Morgan fingerprint density at radius 2 is 1.79 bits per heavy atom. The molecule has 3 atom stereocenters. The zero-order valence-corrected chi connectivity index (χ0v) is 13.0. The molecule has 0 aromatic rings. The fraction of sp³-hybridized carbons (Fsp3) is 1.00. The summed E-state index contributed by atoms with van der Waals surface area (Å²) in [5.74, 6) is 1.37. The minimum absolute atomic E-state index is 0.0501. The van der Waals surface area contributed by atoms with E-state index < -0.39 is 0 Å². The summed E-state index contributed by atoms with van der Waals surface area (Å²) in [6.45, 7) is 12.7. The van der Waals surface area contributed by atoms with Gasteiger partial charge in [-0.3, -0.25) is 4.90 Å². The number of aliphatic hydroxyl groups excluding tert-OH is 1. The number of hydrogen-bond acceptors (Lipinski definition) is 3. The average Bonchev–Trinajstić information content (AvgIpc) is 2.42. The molecule has 2 aliphatic rings. The lowest BCUT2D eigenvalue weighted by Crippen LogP contribution is -2.51. The van der Waals surface area contributed by atoms with E-state index in [1.165, 1.54) is 45.4 Å². The maximum atomic E-state index is 10.2. The van der Waals surface area contributed by atoms with Crippen LogP contribution in [0.3, 0.4) is 0 Å². The molecule has 1 saturated heterocycles. The summed E-state index contributed by atoms with van der Waals surface area (Å²) in [6.07, 6.45) is 4.72. The summed E-state index contributed by atoms with van der Waals surface area (Å²) in [5, 5.41) is 10.2. The summed E-state index contributed by atoms with van der Waals surface area (Å²) in [5.41, 5.74) is 0. The van der Waals surface area contributed by atoms with E-state index in [0.29, 0.717) is 12.0 Å². The van der Waals surface area contributed by atoms with E-state index in [1.807, 2.05) is 0 Å². The van der Waals surface area contributed by atoms with E-state index in [4.69, 9.17) is 0 Å². The van der Waals surface area contributed by atoms with Crippen molar-refractivity contribution in [3.8, 4) is 0 Å². The van der Waals surface area contributed by atoms with Gasteiger partial charge in [-0.15, -0.1) is 0 Å². The Morgan fingerprint density at radius 3 is 2.37 bits per heavy atom. The molecule has 0 spiro atoms. The van der Waals surface area contributed by atoms with Crippen molar-refractivity contribution in [1.82, 2.24) is 9.80 Å². The van der Waals surface area contributed by atoms with Crippen LogP contribution in [0.1, 0.15) is 46.5 Å². The Balaban J connectivity index is 1.78. The first-order chi connectivity index (χ1) is 9.10. The van der Waals surface area contributed by atoms with E-state index in [2.05, 4.69) is 30.6 Å². The SMILES string of the molecule is CCC1CCC(O)C(CN2CCN(C(C)C)CC2)C1. The third-order valence-electron chi connectivity index (χ3n) is 5.26. The maximum Gasteiger partial charge on any atom is 0.0580 e. The average molecular weight is 268 g/mol.